The zero-order chi connectivity index (χ0) is 13.9. The number of hydrogen-bond donors (Lipinski definition) is 1. The van der Waals surface area contributed by atoms with Gasteiger partial charge in [-0.05, 0) is 30.5 Å². The number of aliphatic hydroxyl groups excluding tert-OH is 1. The van der Waals surface area contributed by atoms with Crippen LogP contribution in [-0.2, 0) is 9.84 Å². The Kier molecular flexibility index (Phi) is 4.47. The molecule has 0 unspecified atom stereocenters. The summed E-state index contributed by atoms with van der Waals surface area (Å²) in [4.78, 5) is 2.10. The van der Waals surface area contributed by atoms with Crippen LogP contribution in [0.1, 0.15) is 31.4 Å². The maximum atomic E-state index is 11.6. The number of hydrogen-bond acceptors (Lipinski definition) is 4. The monoisotopic (exact) mass is 283 g/mol. The summed E-state index contributed by atoms with van der Waals surface area (Å²) in [5.41, 5.74) is 1.94. The molecule has 1 N–H and O–H groups in total. The van der Waals surface area contributed by atoms with E-state index in [2.05, 4.69) is 4.90 Å². The first-order valence-corrected chi connectivity index (χ1v) is 8.57. The molecule has 1 aliphatic rings. The van der Waals surface area contributed by atoms with Crippen LogP contribution in [0.3, 0.4) is 0 Å². The number of sulfone groups is 1. The van der Waals surface area contributed by atoms with Crippen LogP contribution in [0.25, 0.3) is 0 Å². The standard InChI is InChI=1S/C14H21NO3S/c1-2-14(16)12-4-6-13(7-5-12)15-8-3-10-19(17,18)11-9-15/h4-7,14,16H,2-3,8-11H2,1H3/t14-/m0/s1. The lowest BCUT2D eigenvalue weighted by Gasteiger charge is -2.22. The number of rotatable bonds is 3. The van der Waals surface area contributed by atoms with Gasteiger partial charge in [-0.1, -0.05) is 19.1 Å². The number of aliphatic hydroxyl groups is 1. The predicted octanol–water partition coefficient (Wildman–Crippen LogP) is 1.75. The van der Waals surface area contributed by atoms with Gasteiger partial charge in [0.2, 0.25) is 0 Å². The molecule has 19 heavy (non-hydrogen) atoms. The van der Waals surface area contributed by atoms with Gasteiger partial charge in [-0.3, -0.25) is 0 Å². The molecule has 2 rings (SSSR count). The average molecular weight is 283 g/mol. The highest BCUT2D eigenvalue weighted by atomic mass is 32.2. The molecular formula is C14H21NO3S. The summed E-state index contributed by atoms with van der Waals surface area (Å²) in [6.45, 7) is 3.27. The van der Waals surface area contributed by atoms with Gasteiger partial charge in [0.1, 0.15) is 0 Å². The Morgan fingerprint density at radius 1 is 1.21 bits per heavy atom. The van der Waals surface area contributed by atoms with E-state index in [1.54, 1.807) is 0 Å². The normalized spacial score (nSPS) is 20.8. The summed E-state index contributed by atoms with van der Waals surface area (Å²) in [7, 11) is -2.87. The Morgan fingerprint density at radius 2 is 1.89 bits per heavy atom. The zero-order valence-electron chi connectivity index (χ0n) is 11.2. The minimum atomic E-state index is -2.87. The molecule has 0 bridgehead atoms. The Hall–Kier alpha value is -1.07. The van der Waals surface area contributed by atoms with Crippen LogP contribution < -0.4 is 4.90 Å². The minimum Gasteiger partial charge on any atom is -0.388 e. The fourth-order valence-corrected chi connectivity index (χ4v) is 3.61. The van der Waals surface area contributed by atoms with Crippen molar-refractivity contribution in [3.8, 4) is 0 Å². The molecule has 1 fully saturated rings. The highest BCUT2D eigenvalue weighted by molar-refractivity contribution is 7.91. The van der Waals surface area contributed by atoms with E-state index in [1.165, 1.54) is 0 Å². The van der Waals surface area contributed by atoms with Crippen molar-refractivity contribution in [2.24, 2.45) is 0 Å². The van der Waals surface area contributed by atoms with E-state index in [-0.39, 0.29) is 11.5 Å². The summed E-state index contributed by atoms with van der Waals surface area (Å²) >= 11 is 0. The van der Waals surface area contributed by atoms with E-state index in [0.29, 0.717) is 19.4 Å². The van der Waals surface area contributed by atoms with E-state index in [1.807, 2.05) is 31.2 Å². The van der Waals surface area contributed by atoms with E-state index in [4.69, 9.17) is 0 Å². The molecule has 0 amide bonds. The second kappa shape index (κ2) is 5.92. The first-order valence-electron chi connectivity index (χ1n) is 6.75. The highest BCUT2D eigenvalue weighted by Gasteiger charge is 2.19. The number of nitrogens with zero attached hydrogens (tertiary/aromatic N) is 1. The van der Waals surface area contributed by atoms with Crippen molar-refractivity contribution in [2.45, 2.75) is 25.9 Å². The third-order valence-corrected chi connectivity index (χ3v) is 5.30. The van der Waals surface area contributed by atoms with Crippen LogP contribution in [0.15, 0.2) is 24.3 Å². The molecule has 0 aromatic heterocycles. The van der Waals surface area contributed by atoms with E-state index in [0.717, 1.165) is 17.8 Å². The van der Waals surface area contributed by atoms with Crippen molar-refractivity contribution in [3.63, 3.8) is 0 Å². The quantitative estimate of drug-likeness (QED) is 0.918. The second-order valence-electron chi connectivity index (χ2n) is 5.01. The van der Waals surface area contributed by atoms with E-state index in [9.17, 15) is 13.5 Å². The minimum absolute atomic E-state index is 0.229. The Balaban J connectivity index is 2.10. The average Bonchev–Trinajstić information content (AvgIpc) is 2.59. The van der Waals surface area contributed by atoms with Gasteiger partial charge in [-0.25, -0.2) is 8.42 Å². The highest BCUT2D eigenvalue weighted by Crippen LogP contribution is 2.22. The summed E-state index contributed by atoms with van der Waals surface area (Å²) in [6.07, 6.45) is 0.960. The van der Waals surface area contributed by atoms with Crippen molar-refractivity contribution in [1.29, 1.82) is 0 Å². The number of anilines is 1. The molecule has 0 spiro atoms. The zero-order valence-corrected chi connectivity index (χ0v) is 12.1. The smallest absolute Gasteiger partial charge is 0.152 e. The molecule has 106 valence electrons. The van der Waals surface area contributed by atoms with Crippen LogP contribution in [0, 0.1) is 0 Å². The van der Waals surface area contributed by atoms with Crippen LogP contribution in [-0.4, -0.2) is 38.1 Å². The molecule has 1 aromatic rings. The van der Waals surface area contributed by atoms with Crippen LogP contribution >= 0.6 is 0 Å². The molecule has 1 aromatic carbocycles. The largest absolute Gasteiger partial charge is 0.388 e. The predicted molar refractivity (Wildman–Crippen MR) is 77.2 cm³/mol. The number of benzene rings is 1. The van der Waals surface area contributed by atoms with Crippen molar-refractivity contribution >= 4 is 15.5 Å². The summed E-state index contributed by atoms with van der Waals surface area (Å²) in [5.74, 6) is 0.516. The second-order valence-corrected chi connectivity index (χ2v) is 7.31. The van der Waals surface area contributed by atoms with Crippen molar-refractivity contribution in [3.05, 3.63) is 29.8 Å². The van der Waals surface area contributed by atoms with Gasteiger partial charge in [0, 0.05) is 18.8 Å². The first-order chi connectivity index (χ1) is 9.02. The third kappa shape index (κ3) is 3.70. The maximum absolute atomic E-state index is 11.6. The van der Waals surface area contributed by atoms with Gasteiger partial charge in [0.15, 0.2) is 9.84 Å². The SMILES string of the molecule is CC[C@H](O)c1ccc(N2CCCS(=O)(=O)CC2)cc1. The van der Waals surface area contributed by atoms with E-state index < -0.39 is 15.9 Å². The maximum Gasteiger partial charge on any atom is 0.152 e. The molecular weight excluding hydrogens is 262 g/mol. The molecule has 5 heteroatoms. The van der Waals surface area contributed by atoms with Gasteiger partial charge in [-0.15, -0.1) is 0 Å². The lowest BCUT2D eigenvalue weighted by Crippen LogP contribution is -2.26. The molecule has 0 radical (unpaired) electrons. The fraction of sp³-hybridized carbons (Fsp3) is 0.571. The van der Waals surface area contributed by atoms with Gasteiger partial charge >= 0.3 is 0 Å². The first kappa shape index (κ1) is 14.3. The Labute approximate surface area is 115 Å². The molecule has 0 saturated carbocycles. The lowest BCUT2D eigenvalue weighted by molar-refractivity contribution is 0.173. The fourth-order valence-electron chi connectivity index (χ4n) is 2.34. The molecule has 1 aliphatic heterocycles. The lowest BCUT2D eigenvalue weighted by atomic mass is 10.1. The summed E-state index contributed by atoms with van der Waals surface area (Å²) in [5, 5.41) is 9.75. The molecule has 1 heterocycles. The van der Waals surface area contributed by atoms with Crippen LogP contribution in [0.5, 0.6) is 0 Å². The van der Waals surface area contributed by atoms with Crippen LogP contribution in [0.2, 0.25) is 0 Å². The van der Waals surface area contributed by atoms with E-state index >= 15 is 0 Å². The van der Waals surface area contributed by atoms with Crippen molar-refractivity contribution in [1.82, 2.24) is 0 Å². The van der Waals surface area contributed by atoms with Gasteiger partial charge in [0.05, 0.1) is 17.6 Å². The molecule has 0 aliphatic carbocycles. The Bertz CT molecular complexity index is 510. The topological polar surface area (TPSA) is 57.6 Å². The molecule has 1 atom stereocenters. The summed E-state index contributed by atoms with van der Waals surface area (Å²) in [6, 6.07) is 7.77. The molecule has 1 saturated heterocycles. The van der Waals surface area contributed by atoms with Crippen molar-refractivity contribution in [2.75, 3.05) is 29.5 Å². The van der Waals surface area contributed by atoms with Gasteiger partial charge < -0.3 is 10.0 Å². The molecule has 4 nitrogen and oxygen atoms in total. The Morgan fingerprint density at radius 3 is 2.53 bits per heavy atom. The summed E-state index contributed by atoms with van der Waals surface area (Å²) < 4.78 is 23.1. The van der Waals surface area contributed by atoms with Crippen molar-refractivity contribution < 1.29 is 13.5 Å². The van der Waals surface area contributed by atoms with Gasteiger partial charge in [-0.2, -0.15) is 0 Å². The third-order valence-electron chi connectivity index (χ3n) is 3.59. The van der Waals surface area contributed by atoms with Gasteiger partial charge in [0.25, 0.3) is 0 Å². The van der Waals surface area contributed by atoms with Crippen LogP contribution in [0.4, 0.5) is 5.69 Å².